The fraction of sp³-hybridized carbons (Fsp3) is 0.350. The number of rotatable bonds is 6. The van der Waals surface area contributed by atoms with Gasteiger partial charge in [0.15, 0.2) is 0 Å². The zero-order valence-electron chi connectivity index (χ0n) is 15.1. The number of hydrogen-bond donors (Lipinski definition) is 2. The summed E-state index contributed by atoms with van der Waals surface area (Å²) < 4.78 is 5.31. The molecule has 138 valence electrons. The van der Waals surface area contributed by atoms with E-state index in [0.29, 0.717) is 10.8 Å². The van der Waals surface area contributed by atoms with Crippen LogP contribution in [0.5, 0.6) is 5.75 Å². The first-order valence-corrected chi connectivity index (χ1v) is 9.17. The highest BCUT2D eigenvalue weighted by atomic mass is 35.5. The van der Waals surface area contributed by atoms with Crippen LogP contribution in [0, 0.1) is 6.92 Å². The van der Waals surface area contributed by atoms with Crippen LogP contribution in [0.4, 0.5) is 17.1 Å². The van der Waals surface area contributed by atoms with Gasteiger partial charge in [-0.05, 0) is 55.7 Å². The molecule has 0 unspecified atom stereocenters. The van der Waals surface area contributed by atoms with Gasteiger partial charge in [-0.25, -0.2) is 0 Å². The summed E-state index contributed by atoms with van der Waals surface area (Å²) in [6.45, 7) is 4.27. The van der Waals surface area contributed by atoms with Crippen LogP contribution in [0.1, 0.15) is 18.4 Å². The van der Waals surface area contributed by atoms with Gasteiger partial charge in [0.2, 0.25) is 5.91 Å². The smallest absolute Gasteiger partial charge is 0.243 e. The standard InChI is InChI=1S/C20H24ClN3O2/c1-14-11-18(19(26-2)12-17(14)21)22-13-20(25)23-15-5-7-16(8-6-15)24-9-3-4-10-24/h5-8,11-12,22H,3-4,9-10,13H2,1-2H3,(H,23,25). The summed E-state index contributed by atoms with van der Waals surface area (Å²) in [4.78, 5) is 14.6. The van der Waals surface area contributed by atoms with Gasteiger partial charge in [0.05, 0.1) is 19.3 Å². The molecule has 1 saturated heterocycles. The van der Waals surface area contributed by atoms with E-state index in [1.807, 2.05) is 25.1 Å². The molecule has 5 nitrogen and oxygen atoms in total. The monoisotopic (exact) mass is 373 g/mol. The summed E-state index contributed by atoms with van der Waals surface area (Å²) >= 11 is 6.10. The van der Waals surface area contributed by atoms with Gasteiger partial charge in [0.25, 0.3) is 0 Å². The van der Waals surface area contributed by atoms with Crippen LogP contribution in [0.25, 0.3) is 0 Å². The van der Waals surface area contributed by atoms with Crippen LogP contribution in [0.3, 0.4) is 0 Å². The van der Waals surface area contributed by atoms with E-state index < -0.39 is 0 Å². The number of ether oxygens (including phenoxy) is 1. The molecule has 0 aliphatic carbocycles. The van der Waals surface area contributed by atoms with E-state index >= 15 is 0 Å². The quantitative estimate of drug-likeness (QED) is 0.792. The van der Waals surface area contributed by atoms with Gasteiger partial charge in [0.1, 0.15) is 5.75 Å². The number of halogens is 1. The molecule has 1 aliphatic rings. The van der Waals surface area contributed by atoms with Crippen molar-refractivity contribution in [3.63, 3.8) is 0 Å². The summed E-state index contributed by atoms with van der Waals surface area (Å²) in [5, 5.41) is 6.65. The van der Waals surface area contributed by atoms with E-state index in [2.05, 4.69) is 27.7 Å². The van der Waals surface area contributed by atoms with Crippen LogP contribution in [0.2, 0.25) is 5.02 Å². The van der Waals surface area contributed by atoms with E-state index in [9.17, 15) is 4.79 Å². The first kappa shape index (κ1) is 18.4. The molecule has 2 aromatic rings. The number of aryl methyl sites for hydroxylation is 1. The SMILES string of the molecule is COc1cc(Cl)c(C)cc1NCC(=O)Nc1ccc(N2CCCC2)cc1. The first-order valence-electron chi connectivity index (χ1n) is 8.79. The Bertz CT molecular complexity index is 771. The Kier molecular flexibility index (Phi) is 5.89. The van der Waals surface area contributed by atoms with Gasteiger partial charge in [-0.15, -0.1) is 0 Å². The maximum Gasteiger partial charge on any atom is 0.243 e. The maximum absolute atomic E-state index is 12.2. The van der Waals surface area contributed by atoms with Crippen molar-refractivity contribution in [2.24, 2.45) is 0 Å². The van der Waals surface area contributed by atoms with Crippen molar-refractivity contribution < 1.29 is 9.53 Å². The normalized spacial score (nSPS) is 13.6. The summed E-state index contributed by atoms with van der Waals surface area (Å²) in [5.41, 5.74) is 3.67. The Morgan fingerprint density at radius 3 is 2.54 bits per heavy atom. The zero-order valence-corrected chi connectivity index (χ0v) is 15.9. The number of carbonyl (C=O) groups is 1. The third-order valence-corrected chi connectivity index (χ3v) is 4.95. The molecule has 0 atom stereocenters. The zero-order chi connectivity index (χ0) is 18.5. The molecular weight excluding hydrogens is 350 g/mol. The largest absolute Gasteiger partial charge is 0.495 e. The van der Waals surface area contributed by atoms with E-state index in [1.165, 1.54) is 18.5 Å². The highest BCUT2D eigenvalue weighted by Gasteiger charge is 2.12. The molecule has 26 heavy (non-hydrogen) atoms. The van der Waals surface area contributed by atoms with Crippen LogP contribution < -0.4 is 20.3 Å². The van der Waals surface area contributed by atoms with Gasteiger partial charge in [0, 0.05) is 35.6 Å². The Morgan fingerprint density at radius 1 is 1.19 bits per heavy atom. The molecule has 0 radical (unpaired) electrons. The average molecular weight is 374 g/mol. The van der Waals surface area contributed by atoms with Crippen molar-refractivity contribution in [2.45, 2.75) is 19.8 Å². The average Bonchev–Trinajstić information content (AvgIpc) is 3.17. The van der Waals surface area contributed by atoms with Gasteiger partial charge < -0.3 is 20.3 Å². The van der Waals surface area contributed by atoms with E-state index in [-0.39, 0.29) is 12.5 Å². The lowest BCUT2D eigenvalue weighted by molar-refractivity contribution is -0.114. The van der Waals surface area contributed by atoms with E-state index in [1.54, 1.807) is 13.2 Å². The molecule has 1 amide bonds. The molecule has 3 rings (SSSR count). The van der Waals surface area contributed by atoms with Crippen molar-refractivity contribution in [3.05, 3.63) is 47.0 Å². The molecule has 1 aliphatic heterocycles. The van der Waals surface area contributed by atoms with E-state index in [0.717, 1.165) is 30.0 Å². The molecule has 2 N–H and O–H groups in total. The Balaban J connectivity index is 1.56. The van der Waals surface area contributed by atoms with Gasteiger partial charge >= 0.3 is 0 Å². The fourth-order valence-electron chi connectivity index (χ4n) is 3.08. The van der Waals surface area contributed by atoms with Gasteiger partial charge in [-0.2, -0.15) is 0 Å². The van der Waals surface area contributed by atoms with Gasteiger partial charge in [-0.1, -0.05) is 11.6 Å². The van der Waals surface area contributed by atoms with Crippen LogP contribution >= 0.6 is 11.6 Å². The Labute approximate surface area is 159 Å². The molecule has 1 heterocycles. The first-order chi connectivity index (χ1) is 12.6. The lowest BCUT2D eigenvalue weighted by Gasteiger charge is -2.18. The lowest BCUT2D eigenvalue weighted by atomic mass is 10.2. The Hall–Kier alpha value is -2.40. The van der Waals surface area contributed by atoms with Crippen LogP contribution in [-0.4, -0.2) is 32.7 Å². The number of methoxy groups -OCH3 is 1. The van der Waals surface area contributed by atoms with Crippen LogP contribution in [0.15, 0.2) is 36.4 Å². The second-order valence-electron chi connectivity index (χ2n) is 6.44. The molecular formula is C20H24ClN3O2. The number of anilines is 3. The maximum atomic E-state index is 12.2. The lowest BCUT2D eigenvalue weighted by Crippen LogP contribution is -2.22. The van der Waals surface area contributed by atoms with Crippen molar-refractivity contribution in [1.29, 1.82) is 0 Å². The number of carbonyl (C=O) groups excluding carboxylic acids is 1. The van der Waals surface area contributed by atoms with Crippen molar-refractivity contribution >= 4 is 34.6 Å². The molecule has 6 heteroatoms. The van der Waals surface area contributed by atoms with Crippen LogP contribution in [-0.2, 0) is 4.79 Å². The summed E-state index contributed by atoms with van der Waals surface area (Å²) in [6.07, 6.45) is 2.50. The molecule has 2 aromatic carbocycles. The minimum absolute atomic E-state index is 0.117. The molecule has 0 aromatic heterocycles. The minimum Gasteiger partial charge on any atom is -0.495 e. The minimum atomic E-state index is -0.117. The number of nitrogens with zero attached hydrogens (tertiary/aromatic N) is 1. The number of hydrogen-bond acceptors (Lipinski definition) is 4. The second-order valence-corrected chi connectivity index (χ2v) is 6.85. The Morgan fingerprint density at radius 2 is 1.88 bits per heavy atom. The highest BCUT2D eigenvalue weighted by Crippen LogP contribution is 2.30. The van der Waals surface area contributed by atoms with Crippen molar-refractivity contribution in [1.82, 2.24) is 0 Å². The molecule has 0 saturated carbocycles. The number of benzene rings is 2. The summed E-state index contributed by atoms with van der Waals surface area (Å²) in [7, 11) is 1.58. The molecule has 0 spiro atoms. The number of amides is 1. The van der Waals surface area contributed by atoms with Gasteiger partial charge in [-0.3, -0.25) is 4.79 Å². The molecule has 0 bridgehead atoms. The third-order valence-electron chi connectivity index (χ3n) is 4.54. The second kappa shape index (κ2) is 8.32. The van der Waals surface area contributed by atoms with Crippen molar-refractivity contribution in [2.75, 3.05) is 42.3 Å². The topological polar surface area (TPSA) is 53.6 Å². The predicted molar refractivity (Wildman–Crippen MR) is 108 cm³/mol. The predicted octanol–water partition coefficient (Wildman–Crippen LogP) is 4.31. The van der Waals surface area contributed by atoms with E-state index in [4.69, 9.17) is 16.3 Å². The summed E-state index contributed by atoms with van der Waals surface area (Å²) in [6, 6.07) is 11.6. The third kappa shape index (κ3) is 4.41. The highest BCUT2D eigenvalue weighted by molar-refractivity contribution is 6.31. The fourth-order valence-corrected chi connectivity index (χ4v) is 3.24. The van der Waals surface area contributed by atoms with Crippen molar-refractivity contribution in [3.8, 4) is 5.75 Å². The number of nitrogens with one attached hydrogen (secondary N) is 2. The molecule has 1 fully saturated rings. The summed E-state index contributed by atoms with van der Waals surface area (Å²) in [5.74, 6) is 0.497.